The number of nitrogens with one attached hydrogen (secondary N) is 2. The van der Waals surface area contributed by atoms with Gasteiger partial charge in [-0.25, -0.2) is 13.9 Å². The normalized spacial score (nSPS) is 23.4. The number of carbonyl (C=O) groups is 3. The van der Waals surface area contributed by atoms with E-state index in [4.69, 9.17) is 4.74 Å². The van der Waals surface area contributed by atoms with E-state index in [2.05, 4.69) is 20.7 Å². The number of benzene rings is 1. The lowest BCUT2D eigenvalue weighted by molar-refractivity contribution is -0.163. The lowest BCUT2D eigenvalue weighted by Gasteiger charge is -2.54. The molecule has 1 unspecified atom stereocenters. The molecular formula is C27H30FN5O4. The molecule has 1 atom stereocenters. The monoisotopic (exact) mass is 507 g/mol. The molecule has 0 aliphatic heterocycles. The van der Waals surface area contributed by atoms with Gasteiger partial charge in [0.25, 0.3) is 11.8 Å². The van der Waals surface area contributed by atoms with Gasteiger partial charge in [-0.3, -0.25) is 14.4 Å². The third-order valence-electron chi connectivity index (χ3n) is 8.38. The van der Waals surface area contributed by atoms with Crippen molar-refractivity contribution in [1.29, 1.82) is 0 Å². The lowest BCUT2D eigenvalue weighted by Crippen LogP contribution is -2.55. The van der Waals surface area contributed by atoms with Crippen molar-refractivity contribution in [2.45, 2.75) is 58.0 Å². The van der Waals surface area contributed by atoms with Crippen molar-refractivity contribution < 1.29 is 23.5 Å². The Kier molecular flexibility index (Phi) is 6.43. The molecule has 0 radical (unpaired) electrons. The van der Waals surface area contributed by atoms with E-state index in [0.717, 1.165) is 44.1 Å². The minimum absolute atomic E-state index is 0.0863. The van der Waals surface area contributed by atoms with Gasteiger partial charge in [-0.2, -0.15) is 5.10 Å². The second-order valence-electron chi connectivity index (χ2n) is 10.3. The third-order valence-corrected chi connectivity index (χ3v) is 8.38. The number of fused-ring (bicyclic) bond motifs is 4. The Hall–Kier alpha value is -3.82. The average Bonchev–Trinajstić information content (AvgIpc) is 3.41. The summed E-state index contributed by atoms with van der Waals surface area (Å²) in [6.45, 7) is 2.20. The number of hydrogen-bond acceptors (Lipinski definition) is 6. The first-order valence-corrected chi connectivity index (χ1v) is 12.5. The number of amides is 2. The van der Waals surface area contributed by atoms with Gasteiger partial charge in [0.1, 0.15) is 17.2 Å². The molecular weight excluding hydrogens is 477 g/mol. The maximum Gasteiger partial charge on any atom is 0.311 e. The molecule has 3 aliphatic rings. The third kappa shape index (κ3) is 4.56. The molecule has 3 saturated carbocycles. The molecule has 3 aromatic rings. The molecule has 9 nitrogen and oxygen atoms in total. The van der Waals surface area contributed by atoms with E-state index >= 15 is 0 Å². The van der Waals surface area contributed by atoms with E-state index in [1.165, 1.54) is 36.0 Å². The highest BCUT2D eigenvalue weighted by molar-refractivity contribution is 5.98. The highest BCUT2D eigenvalue weighted by atomic mass is 19.1. The van der Waals surface area contributed by atoms with E-state index < -0.39 is 5.91 Å². The summed E-state index contributed by atoms with van der Waals surface area (Å²) in [5.74, 6) is -1.27. The smallest absolute Gasteiger partial charge is 0.311 e. The SMILES string of the molecule is COC(=O)C12CCC(C(C)NC(=O)c3cc(C(=O)NCc4ccc(F)cc4)nc4ccnn34)(CC1)CC2. The highest BCUT2D eigenvalue weighted by Crippen LogP contribution is 2.58. The molecule has 0 saturated heterocycles. The van der Waals surface area contributed by atoms with Crippen molar-refractivity contribution in [2.24, 2.45) is 10.8 Å². The summed E-state index contributed by atoms with van der Waals surface area (Å²) in [6, 6.07) is 8.77. The molecule has 3 aliphatic carbocycles. The fourth-order valence-corrected chi connectivity index (χ4v) is 5.88. The zero-order valence-electron chi connectivity index (χ0n) is 20.9. The van der Waals surface area contributed by atoms with Crippen LogP contribution in [-0.4, -0.2) is 45.5 Å². The summed E-state index contributed by atoms with van der Waals surface area (Å²) in [4.78, 5) is 43.0. The molecule has 3 fully saturated rings. The minimum atomic E-state index is -0.451. The summed E-state index contributed by atoms with van der Waals surface area (Å²) in [6.07, 6.45) is 6.33. The predicted molar refractivity (Wildman–Crippen MR) is 132 cm³/mol. The van der Waals surface area contributed by atoms with Crippen LogP contribution in [0.25, 0.3) is 5.65 Å². The second-order valence-corrected chi connectivity index (χ2v) is 10.3. The van der Waals surface area contributed by atoms with Gasteiger partial charge in [0.15, 0.2) is 5.65 Å². The molecule has 194 valence electrons. The number of rotatable bonds is 7. The standard InChI is InChI=1S/C27H30FN5O4/c1-17(26-8-11-27(12-9-26,13-10-26)25(36)37-2)31-24(35)21-15-20(32-22-7-14-30-33(21)22)23(34)29-16-18-3-5-19(28)6-4-18/h3-7,14-15,17H,8-13,16H2,1-2H3,(H,29,34)(H,31,35). The van der Waals surface area contributed by atoms with Crippen molar-refractivity contribution >= 4 is 23.4 Å². The van der Waals surface area contributed by atoms with Crippen LogP contribution in [0.1, 0.15) is 72.0 Å². The number of methoxy groups -OCH3 is 1. The molecule has 6 rings (SSSR count). The lowest BCUT2D eigenvalue weighted by atomic mass is 9.51. The zero-order chi connectivity index (χ0) is 26.2. The second kappa shape index (κ2) is 9.57. The molecule has 2 amide bonds. The topological polar surface area (TPSA) is 115 Å². The van der Waals surface area contributed by atoms with Crippen LogP contribution in [0.2, 0.25) is 0 Å². The van der Waals surface area contributed by atoms with Crippen molar-refractivity contribution in [3.63, 3.8) is 0 Å². The molecule has 10 heteroatoms. The number of hydrogen-bond donors (Lipinski definition) is 2. The predicted octanol–water partition coefficient (Wildman–Crippen LogP) is 3.43. The number of ether oxygens (including phenoxy) is 1. The summed E-state index contributed by atoms with van der Waals surface area (Å²) in [5.41, 5.74) is 0.941. The number of carbonyl (C=O) groups excluding carboxylic acids is 3. The quantitative estimate of drug-likeness (QED) is 0.474. The van der Waals surface area contributed by atoms with E-state index in [-0.39, 0.29) is 52.5 Å². The molecule has 2 N–H and O–H groups in total. The van der Waals surface area contributed by atoms with Crippen LogP contribution in [0.15, 0.2) is 42.6 Å². The molecule has 0 spiro atoms. The van der Waals surface area contributed by atoms with Gasteiger partial charge in [-0.15, -0.1) is 0 Å². The Balaban J connectivity index is 1.31. The van der Waals surface area contributed by atoms with Crippen molar-refractivity contribution in [2.75, 3.05) is 7.11 Å². The van der Waals surface area contributed by atoms with Crippen LogP contribution >= 0.6 is 0 Å². The number of nitrogens with zero attached hydrogens (tertiary/aromatic N) is 3. The summed E-state index contributed by atoms with van der Waals surface area (Å²) >= 11 is 0. The first-order chi connectivity index (χ1) is 17.7. The van der Waals surface area contributed by atoms with Gasteiger partial charge < -0.3 is 15.4 Å². The highest BCUT2D eigenvalue weighted by Gasteiger charge is 2.55. The van der Waals surface area contributed by atoms with Gasteiger partial charge in [0, 0.05) is 24.7 Å². The Morgan fingerprint density at radius 3 is 2.38 bits per heavy atom. The Labute approximate surface area is 213 Å². The Morgan fingerprint density at radius 1 is 1.05 bits per heavy atom. The fraction of sp³-hybridized carbons (Fsp3) is 0.444. The van der Waals surface area contributed by atoms with Crippen LogP contribution in [0.5, 0.6) is 0 Å². The maximum atomic E-state index is 13.4. The van der Waals surface area contributed by atoms with Gasteiger partial charge in [0.2, 0.25) is 0 Å². The summed E-state index contributed by atoms with van der Waals surface area (Å²) < 4.78 is 19.6. The van der Waals surface area contributed by atoms with E-state index in [9.17, 15) is 18.8 Å². The van der Waals surface area contributed by atoms with Crippen LogP contribution < -0.4 is 10.6 Å². The Morgan fingerprint density at radius 2 is 1.73 bits per heavy atom. The molecule has 1 aromatic carbocycles. The molecule has 2 bridgehead atoms. The largest absolute Gasteiger partial charge is 0.469 e. The van der Waals surface area contributed by atoms with E-state index in [1.807, 2.05) is 6.92 Å². The van der Waals surface area contributed by atoms with Crippen molar-refractivity contribution in [1.82, 2.24) is 25.2 Å². The van der Waals surface area contributed by atoms with Gasteiger partial charge in [0.05, 0.1) is 18.7 Å². The van der Waals surface area contributed by atoms with Gasteiger partial charge in [-0.05, 0) is 68.6 Å². The van der Waals surface area contributed by atoms with Crippen LogP contribution in [0.3, 0.4) is 0 Å². The van der Waals surface area contributed by atoms with Gasteiger partial charge >= 0.3 is 5.97 Å². The van der Waals surface area contributed by atoms with E-state index in [1.54, 1.807) is 18.2 Å². The van der Waals surface area contributed by atoms with E-state index in [0.29, 0.717) is 5.65 Å². The van der Waals surface area contributed by atoms with Crippen molar-refractivity contribution in [3.8, 4) is 0 Å². The van der Waals surface area contributed by atoms with Crippen LogP contribution in [-0.2, 0) is 16.1 Å². The molecule has 37 heavy (non-hydrogen) atoms. The number of esters is 1. The van der Waals surface area contributed by atoms with Crippen LogP contribution in [0, 0.1) is 16.6 Å². The fourth-order valence-electron chi connectivity index (χ4n) is 5.88. The number of aromatic nitrogens is 3. The molecule has 2 heterocycles. The average molecular weight is 508 g/mol. The Bertz CT molecular complexity index is 1330. The maximum absolute atomic E-state index is 13.4. The van der Waals surface area contributed by atoms with Crippen LogP contribution in [0.4, 0.5) is 4.39 Å². The molecule has 2 aromatic heterocycles. The summed E-state index contributed by atoms with van der Waals surface area (Å²) in [5, 5.41) is 10.1. The summed E-state index contributed by atoms with van der Waals surface area (Å²) in [7, 11) is 1.44. The van der Waals surface area contributed by atoms with Crippen molar-refractivity contribution in [3.05, 3.63) is 65.4 Å². The van der Waals surface area contributed by atoms with Gasteiger partial charge in [-0.1, -0.05) is 12.1 Å². The first-order valence-electron chi connectivity index (χ1n) is 12.5. The first kappa shape index (κ1) is 24.9. The minimum Gasteiger partial charge on any atom is -0.469 e. The zero-order valence-corrected chi connectivity index (χ0v) is 20.9. The number of halogens is 1.